The molecule has 0 spiro atoms. The van der Waals surface area contributed by atoms with Crippen molar-refractivity contribution in [1.82, 2.24) is 24.4 Å². The highest BCUT2D eigenvalue weighted by atomic mass is 19.1. The molecule has 1 saturated heterocycles. The predicted octanol–water partition coefficient (Wildman–Crippen LogP) is 4.79. The molecule has 0 radical (unpaired) electrons. The molecule has 5 heterocycles. The second-order valence-corrected chi connectivity index (χ2v) is 9.42. The standard InChI is InChI=1S/C28H32FN5O/c1-3-25-27-17-26(31-34(27)18-20(2)30-25)22-6-4-7-24-9-8-23(19-33(24)28(35)16-22)21-10-14-32(15-11-21)13-5-12-29/h4,6-9,16-19,21H,3,5,10-15H2,1-2H3/b6-4+,22-16+,24-7+. The SMILES string of the molecule is CCc1nc(C)cn2nc(C3=C\C(=O)N4C=C(C5CCN(CCCF)CC5)C=C\C4=C/C=C/3)cc12. The van der Waals surface area contributed by atoms with Gasteiger partial charge in [-0.25, -0.2) is 4.52 Å². The van der Waals surface area contributed by atoms with E-state index in [4.69, 9.17) is 5.10 Å². The number of hydrogen-bond acceptors (Lipinski definition) is 4. The van der Waals surface area contributed by atoms with Gasteiger partial charge in [-0.3, -0.25) is 19.1 Å². The van der Waals surface area contributed by atoms with E-state index in [2.05, 4.69) is 22.9 Å². The van der Waals surface area contributed by atoms with Gasteiger partial charge in [-0.15, -0.1) is 0 Å². The molecule has 0 aliphatic carbocycles. The Hall–Kier alpha value is -3.32. The van der Waals surface area contributed by atoms with Gasteiger partial charge in [-0.1, -0.05) is 25.2 Å². The number of aromatic nitrogens is 3. The van der Waals surface area contributed by atoms with Crippen LogP contribution in [0.5, 0.6) is 0 Å². The average Bonchev–Trinajstić information content (AvgIpc) is 3.29. The molecule has 0 atom stereocenters. The van der Waals surface area contributed by atoms with Gasteiger partial charge in [-0.05, 0) is 75.4 Å². The molecule has 182 valence electrons. The number of alkyl halides is 1. The zero-order chi connectivity index (χ0) is 24.4. The van der Waals surface area contributed by atoms with Crippen molar-refractivity contribution >= 4 is 17.0 Å². The molecule has 0 unspecified atom stereocenters. The quantitative estimate of drug-likeness (QED) is 0.605. The highest BCUT2D eigenvalue weighted by Crippen LogP contribution is 2.31. The summed E-state index contributed by atoms with van der Waals surface area (Å²) in [6, 6.07) is 2.01. The molecule has 2 aromatic heterocycles. The van der Waals surface area contributed by atoms with Crippen LogP contribution in [0.25, 0.3) is 11.1 Å². The molecule has 3 aliphatic rings. The van der Waals surface area contributed by atoms with Crippen LogP contribution in [0.2, 0.25) is 0 Å². The summed E-state index contributed by atoms with van der Waals surface area (Å²) < 4.78 is 14.4. The predicted molar refractivity (Wildman–Crippen MR) is 136 cm³/mol. The molecule has 1 fully saturated rings. The largest absolute Gasteiger partial charge is 0.303 e. The average molecular weight is 474 g/mol. The lowest BCUT2D eigenvalue weighted by atomic mass is 9.88. The normalized spacial score (nSPS) is 23.2. The van der Waals surface area contributed by atoms with E-state index in [1.54, 1.807) is 11.0 Å². The molecule has 0 bridgehead atoms. The first-order chi connectivity index (χ1) is 17.1. The highest BCUT2D eigenvalue weighted by Gasteiger charge is 2.25. The third kappa shape index (κ3) is 4.91. The fourth-order valence-corrected chi connectivity index (χ4v) is 5.12. The maximum absolute atomic E-state index is 13.4. The summed E-state index contributed by atoms with van der Waals surface area (Å²) >= 11 is 0. The van der Waals surface area contributed by atoms with Crippen molar-refractivity contribution in [3.8, 4) is 0 Å². The second-order valence-electron chi connectivity index (χ2n) is 9.42. The summed E-state index contributed by atoms with van der Waals surface area (Å²) in [7, 11) is 0. The van der Waals surface area contributed by atoms with Gasteiger partial charge < -0.3 is 4.90 Å². The van der Waals surface area contributed by atoms with Gasteiger partial charge in [0.2, 0.25) is 0 Å². The third-order valence-corrected chi connectivity index (χ3v) is 7.01. The van der Waals surface area contributed by atoms with E-state index in [0.717, 1.165) is 72.8 Å². The summed E-state index contributed by atoms with van der Waals surface area (Å²) in [6.45, 7) is 6.57. The van der Waals surface area contributed by atoms with Crippen LogP contribution in [0.1, 0.15) is 43.3 Å². The zero-order valence-electron chi connectivity index (χ0n) is 20.5. The molecular formula is C28H32FN5O. The number of allylic oxidation sites excluding steroid dienone is 7. The van der Waals surface area contributed by atoms with E-state index in [-0.39, 0.29) is 12.6 Å². The molecular weight excluding hydrogens is 441 g/mol. The smallest absolute Gasteiger partial charge is 0.255 e. The van der Waals surface area contributed by atoms with Gasteiger partial charge in [0.05, 0.1) is 35.5 Å². The van der Waals surface area contributed by atoms with Crippen LogP contribution in [-0.2, 0) is 11.2 Å². The number of carbonyl (C=O) groups is 1. The van der Waals surface area contributed by atoms with Crippen molar-refractivity contribution in [2.75, 3.05) is 26.3 Å². The Morgan fingerprint density at radius 1 is 1.17 bits per heavy atom. The number of fused-ring (bicyclic) bond motifs is 2. The lowest BCUT2D eigenvalue weighted by Gasteiger charge is -2.34. The fraction of sp³-hybridized carbons (Fsp3) is 0.393. The minimum atomic E-state index is -0.255. The summed E-state index contributed by atoms with van der Waals surface area (Å²) in [4.78, 5) is 22.1. The van der Waals surface area contributed by atoms with Crippen LogP contribution in [0.3, 0.4) is 0 Å². The molecule has 7 heteroatoms. The van der Waals surface area contributed by atoms with Crippen LogP contribution >= 0.6 is 0 Å². The molecule has 0 saturated carbocycles. The molecule has 0 aromatic carbocycles. The number of nitrogens with zero attached hydrogens (tertiary/aromatic N) is 5. The van der Waals surface area contributed by atoms with E-state index in [1.807, 2.05) is 54.2 Å². The van der Waals surface area contributed by atoms with Crippen LogP contribution in [0.15, 0.2) is 66.2 Å². The number of carbonyl (C=O) groups excluding carboxylic acids is 1. The first-order valence-corrected chi connectivity index (χ1v) is 12.5. The van der Waals surface area contributed by atoms with Gasteiger partial charge in [-0.2, -0.15) is 5.10 Å². The Kier molecular flexibility index (Phi) is 6.77. The lowest BCUT2D eigenvalue weighted by molar-refractivity contribution is -0.122. The van der Waals surface area contributed by atoms with E-state index >= 15 is 0 Å². The van der Waals surface area contributed by atoms with Crippen molar-refractivity contribution in [2.45, 2.75) is 39.5 Å². The molecule has 35 heavy (non-hydrogen) atoms. The maximum Gasteiger partial charge on any atom is 0.255 e. The highest BCUT2D eigenvalue weighted by molar-refractivity contribution is 5.99. The Bertz CT molecular complexity index is 1270. The number of rotatable bonds is 6. The van der Waals surface area contributed by atoms with E-state index in [0.29, 0.717) is 12.3 Å². The molecule has 6 nitrogen and oxygen atoms in total. The van der Waals surface area contributed by atoms with Gasteiger partial charge in [0, 0.05) is 30.1 Å². The molecule has 3 aliphatic heterocycles. The number of halogens is 1. The zero-order valence-corrected chi connectivity index (χ0v) is 20.5. The fourth-order valence-electron chi connectivity index (χ4n) is 5.12. The Morgan fingerprint density at radius 3 is 2.77 bits per heavy atom. The van der Waals surface area contributed by atoms with Crippen LogP contribution in [-0.4, -0.2) is 56.6 Å². The Balaban J connectivity index is 1.38. The van der Waals surface area contributed by atoms with Crippen molar-refractivity contribution in [2.24, 2.45) is 5.92 Å². The van der Waals surface area contributed by atoms with Crippen molar-refractivity contribution < 1.29 is 9.18 Å². The number of likely N-dealkylation sites (tertiary alicyclic amines) is 1. The van der Waals surface area contributed by atoms with Crippen LogP contribution in [0.4, 0.5) is 4.39 Å². The van der Waals surface area contributed by atoms with Gasteiger partial charge >= 0.3 is 0 Å². The number of piperidine rings is 1. The molecule has 1 amide bonds. The summed E-state index contributed by atoms with van der Waals surface area (Å²) in [5.74, 6) is 0.327. The Morgan fingerprint density at radius 2 is 2.00 bits per heavy atom. The Labute approximate surface area is 205 Å². The number of amides is 1. The van der Waals surface area contributed by atoms with Gasteiger partial charge in [0.15, 0.2) is 0 Å². The van der Waals surface area contributed by atoms with Crippen LogP contribution in [0, 0.1) is 12.8 Å². The monoisotopic (exact) mass is 473 g/mol. The van der Waals surface area contributed by atoms with E-state index < -0.39 is 0 Å². The van der Waals surface area contributed by atoms with Crippen LogP contribution < -0.4 is 0 Å². The van der Waals surface area contributed by atoms with E-state index in [1.165, 1.54) is 5.57 Å². The number of hydrogen-bond donors (Lipinski definition) is 0. The summed E-state index contributed by atoms with van der Waals surface area (Å²) in [5.41, 5.74) is 6.45. The summed E-state index contributed by atoms with van der Waals surface area (Å²) in [6.07, 6.45) is 19.1. The topological polar surface area (TPSA) is 53.7 Å². The third-order valence-electron chi connectivity index (χ3n) is 7.01. The van der Waals surface area contributed by atoms with Gasteiger partial charge in [0.25, 0.3) is 5.91 Å². The van der Waals surface area contributed by atoms with Crippen molar-refractivity contribution in [3.63, 3.8) is 0 Å². The van der Waals surface area contributed by atoms with Gasteiger partial charge in [0.1, 0.15) is 0 Å². The molecule has 2 aromatic rings. The maximum atomic E-state index is 13.4. The minimum absolute atomic E-state index is 0.0834. The minimum Gasteiger partial charge on any atom is -0.303 e. The number of aryl methyl sites for hydroxylation is 2. The molecule has 5 rings (SSSR count). The first kappa shape index (κ1) is 23.4. The molecule has 0 N–H and O–H groups in total. The lowest BCUT2D eigenvalue weighted by Crippen LogP contribution is -2.36. The van der Waals surface area contributed by atoms with E-state index in [9.17, 15) is 9.18 Å². The first-order valence-electron chi connectivity index (χ1n) is 12.5. The van der Waals surface area contributed by atoms with Crippen molar-refractivity contribution in [3.05, 3.63) is 83.3 Å². The second kappa shape index (κ2) is 10.1. The summed E-state index contributed by atoms with van der Waals surface area (Å²) in [5, 5.41) is 4.74. The van der Waals surface area contributed by atoms with Crippen molar-refractivity contribution in [1.29, 1.82) is 0 Å².